The van der Waals surface area contributed by atoms with E-state index in [1.54, 1.807) is 48.2 Å². The van der Waals surface area contributed by atoms with Crippen molar-refractivity contribution in [1.29, 1.82) is 0 Å². The van der Waals surface area contributed by atoms with E-state index in [9.17, 15) is 14.4 Å². The van der Waals surface area contributed by atoms with Crippen LogP contribution in [0.15, 0.2) is 24.3 Å². The molecule has 5 amide bonds. The van der Waals surface area contributed by atoms with Crippen LogP contribution in [0, 0.1) is 5.41 Å². The summed E-state index contributed by atoms with van der Waals surface area (Å²) in [4.78, 5) is 42.1. The van der Waals surface area contributed by atoms with Crippen LogP contribution in [0.1, 0.15) is 6.42 Å². The summed E-state index contributed by atoms with van der Waals surface area (Å²) in [5.74, 6) is -0.0489. The largest absolute Gasteiger partial charge is 0.355 e. The number of rotatable bonds is 1. The van der Waals surface area contributed by atoms with Crippen molar-refractivity contribution in [3.63, 3.8) is 0 Å². The van der Waals surface area contributed by atoms with Crippen LogP contribution in [0.4, 0.5) is 15.3 Å². The van der Waals surface area contributed by atoms with Crippen LogP contribution >= 0.6 is 11.6 Å². The van der Waals surface area contributed by atoms with Gasteiger partial charge in [-0.15, -0.1) is 0 Å². The van der Waals surface area contributed by atoms with E-state index < -0.39 is 5.41 Å². The fourth-order valence-electron chi connectivity index (χ4n) is 3.59. The van der Waals surface area contributed by atoms with Gasteiger partial charge in [0.1, 0.15) is 0 Å². The van der Waals surface area contributed by atoms with Crippen LogP contribution in [0.2, 0.25) is 5.02 Å². The maximum Gasteiger partial charge on any atom is 0.321 e. The Hall–Kier alpha value is -2.48. The lowest BCUT2D eigenvalue weighted by molar-refractivity contribution is -0.119. The third-order valence-electron chi connectivity index (χ3n) is 4.92. The highest BCUT2D eigenvalue weighted by molar-refractivity contribution is 6.30. The first-order valence-electron chi connectivity index (χ1n) is 8.82. The number of anilines is 1. The number of amides is 5. The van der Waals surface area contributed by atoms with Crippen molar-refractivity contribution >= 4 is 35.3 Å². The van der Waals surface area contributed by atoms with Gasteiger partial charge in [-0.1, -0.05) is 11.6 Å². The zero-order chi connectivity index (χ0) is 19.6. The first kappa shape index (κ1) is 19.3. The smallest absolute Gasteiger partial charge is 0.321 e. The number of benzene rings is 1. The SMILES string of the molecule is CN(C)C(=O)N1CCN(C(=O)Nc2ccc(Cl)cc2)C[C@@]2(CNC(=O)C2)C1. The molecule has 0 saturated carbocycles. The molecule has 3 rings (SSSR count). The molecular formula is C18H24ClN5O3. The van der Waals surface area contributed by atoms with E-state index in [0.29, 0.717) is 49.9 Å². The summed E-state index contributed by atoms with van der Waals surface area (Å²) in [6.45, 7) is 2.11. The van der Waals surface area contributed by atoms with Crippen molar-refractivity contribution in [2.24, 2.45) is 5.41 Å². The van der Waals surface area contributed by atoms with Crippen molar-refractivity contribution in [2.75, 3.05) is 52.1 Å². The van der Waals surface area contributed by atoms with E-state index in [1.165, 1.54) is 4.90 Å². The lowest BCUT2D eigenvalue weighted by Gasteiger charge is -2.33. The minimum atomic E-state index is -0.476. The maximum absolute atomic E-state index is 12.8. The number of urea groups is 2. The highest BCUT2D eigenvalue weighted by Gasteiger charge is 2.45. The van der Waals surface area contributed by atoms with Crippen LogP contribution in [0.25, 0.3) is 0 Å². The Bertz CT molecular complexity index is 739. The predicted octanol–water partition coefficient (Wildman–Crippen LogP) is 1.68. The molecule has 0 unspecified atom stereocenters. The Morgan fingerprint density at radius 2 is 1.78 bits per heavy atom. The van der Waals surface area contributed by atoms with Crippen molar-refractivity contribution in [3.8, 4) is 0 Å². The molecule has 1 aromatic rings. The average molecular weight is 394 g/mol. The standard InChI is InChI=1S/C18H24ClN5O3/c1-22(2)17(27)24-8-7-23(11-18(12-24)9-15(25)20-10-18)16(26)21-14-5-3-13(19)4-6-14/h3-6H,7-12H2,1-2H3,(H,20,25)(H,21,26)/t18-/m1/s1. The first-order valence-corrected chi connectivity index (χ1v) is 9.20. The second-order valence-electron chi connectivity index (χ2n) is 7.41. The molecule has 1 atom stereocenters. The molecule has 27 heavy (non-hydrogen) atoms. The molecule has 9 heteroatoms. The molecule has 2 aliphatic heterocycles. The molecule has 0 aliphatic carbocycles. The van der Waals surface area contributed by atoms with E-state index in [-0.39, 0.29) is 18.0 Å². The molecule has 0 bridgehead atoms. The number of hydrogen-bond donors (Lipinski definition) is 2. The van der Waals surface area contributed by atoms with E-state index in [2.05, 4.69) is 10.6 Å². The highest BCUT2D eigenvalue weighted by atomic mass is 35.5. The van der Waals surface area contributed by atoms with E-state index in [4.69, 9.17) is 11.6 Å². The normalized spacial score (nSPS) is 22.4. The van der Waals surface area contributed by atoms with Crippen LogP contribution in [-0.2, 0) is 4.79 Å². The minimum Gasteiger partial charge on any atom is -0.355 e. The number of nitrogens with one attached hydrogen (secondary N) is 2. The number of halogens is 1. The van der Waals surface area contributed by atoms with Gasteiger partial charge in [-0.05, 0) is 24.3 Å². The van der Waals surface area contributed by atoms with Gasteiger partial charge in [0.05, 0.1) is 0 Å². The highest BCUT2D eigenvalue weighted by Crippen LogP contribution is 2.31. The van der Waals surface area contributed by atoms with Crippen molar-refractivity contribution < 1.29 is 14.4 Å². The Kier molecular flexibility index (Phi) is 5.46. The van der Waals surface area contributed by atoms with Crippen LogP contribution < -0.4 is 10.6 Å². The van der Waals surface area contributed by atoms with Crippen LogP contribution in [0.5, 0.6) is 0 Å². The van der Waals surface area contributed by atoms with Gasteiger partial charge in [0.15, 0.2) is 0 Å². The van der Waals surface area contributed by atoms with Gasteiger partial charge in [0.2, 0.25) is 5.91 Å². The van der Waals surface area contributed by atoms with Gasteiger partial charge in [-0.3, -0.25) is 4.79 Å². The lowest BCUT2D eigenvalue weighted by Crippen LogP contribution is -2.47. The molecular weight excluding hydrogens is 370 g/mol. The summed E-state index contributed by atoms with van der Waals surface area (Å²) in [6, 6.07) is 6.51. The Balaban J connectivity index is 1.77. The molecule has 2 fully saturated rings. The Morgan fingerprint density at radius 3 is 2.37 bits per heavy atom. The van der Waals surface area contributed by atoms with E-state index >= 15 is 0 Å². The summed E-state index contributed by atoms with van der Waals surface area (Å²) in [5.41, 5.74) is 0.167. The summed E-state index contributed by atoms with van der Waals surface area (Å²) in [7, 11) is 3.39. The zero-order valence-corrected chi connectivity index (χ0v) is 16.3. The van der Waals surface area contributed by atoms with Gasteiger partial charge >= 0.3 is 12.1 Å². The van der Waals surface area contributed by atoms with Gasteiger partial charge < -0.3 is 25.3 Å². The van der Waals surface area contributed by atoms with E-state index in [0.717, 1.165) is 0 Å². The summed E-state index contributed by atoms with van der Waals surface area (Å²) in [5, 5.41) is 6.30. The third kappa shape index (κ3) is 4.44. The average Bonchev–Trinajstić information content (AvgIpc) is 2.87. The number of nitrogens with zero attached hydrogens (tertiary/aromatic N) is 3. The molecule has 8 nitrogen and oxygen atoms in total. The van der Waals surface area contributed by atoms with Gasteiger partial charge in [0.25, 0.3) is 0 Å². The predicted molar refractivity (Wildman–Crippen MR) is 103 cm³/mol. The molecule has 2 saturated heterocycles. The fourth-order valence-corrected chi connectivity index (χ4v) is 3.72. The van der Waals surface area contributed by atoms with Crippen molar-refractivity contribution in [3.05, 3.63) is 29.3 Å². The molecule has 0 radical (unpaired) electrons. The first-order chi connectivity index (χ1) is 12.8. The zero-order valence-electron chi connectivity index (χ0n) is 15.5. The topological polar surface area (TPSA) is 85.0 Å². The quantitative estimate of drug-likeness (QED) is 0.761. The Labute approximate surface area is 163 Å². The molecule has 2 N–H and O–H groups in total. The monoisotopic (exact) mass is 393 g/mol. The summed E-state index contributed by atoms with van der Waals surface area (Å²) >= 11 is 5.88. The fraction of sp³-hybridized carbons (Fsp3) is 0.500. The van der Waals surface area contributed by atoms with Crippen LogP contribution in [0.3, 0.4) is 0 Å². The molecule has 0 aromatic heterocycles. The second-order valence-corrected chi connectivity index (χ2v) is 7.85. The number of hydrogen-bond acceptors (Lipinski definition) is 3. The molecule has 2 aliphatic rings. The minimum absolute atomic E-state index is 0.0489. The van der Waals surface area contributed by atoms with Crippen molar-refractivity contribution in [2.45, 2.75) is 6.42 Å². The molecule has 1 spiro atoms. The maximum atomic E-state index is 12.8. The van der Waals surface area contributed by atoms with Gasteiger partial charge in [0, 0.05) is 69.4 Å². The molecule has 146 valence electrons. The van der Waals surface area contributed by atoms with E-state index in [1.807, 2.05) is 0 Å². The number of carbonyl (C=O) groups is 3. The van der Waals surface area contributed by atoms with Gasteiger partial charge in [-0.2, -0.15) is 0 Å². The second kappa shape index (κ2) is 7.64. The molecule has 2 heterocycles. The van der Waals surface area contributed by atoms with Crippen molar-refractivity contribution in [1.82, 2.24) is 20.0 Å². The van der Waals surface area contributed by atoms with Gasteiger partial charge in [-0.25, -0.2) is 9.59 Å². The molecule has 1 aromatic carbocycles. The third-order valence-corrected chi connectivity index (χ3v) is 5.18. The van der Waals surface area contributed by atoms with Crippen LogP contribution in [-0.4, -0.2) is 79.5 Å². The Morgan fingerprint density at radius 1 is 1.15 bits per heavy atom. The number of carbonyl (C=O) groups excluding carboxylic acids is 3. The lowest BCUT2D eigenvalue weighted by atomic mass is 9.86. The summed E-state index contributed by atoms with van der Waals surface area (Å²) in [6.07, 6.45) is 0.301. The summed E-state index contributed by atoms with van der Waals surface area (Å²) < 4.78 is 0.